The van der Waals surface area contributed by atoms with E-state index in [-0.39, 0.29) is 0 Å². The zero-order valence-electron chi connectivity index (χ0n) is 13.5. The SMILES string of the molecule is Cc1ccc(S(=O)(=O)Nc2ccc3c(c2)nc(C)n3C(C)C)s1. The van der Waals surface area contributed by atoms with Crippen LogP contribution in [0.4, 0.5) is 5.69 Å². The minimum atomic E-state index is -3.55. The predicted molar refractivity (Wildman–Crippen MR) is 94.7 cm³/mol. The first-order valence-electron chi connectivity index (χ1n) is 7.36. The number of nitrogens with zero attached hydrogens (tertiary/aromatic N) is 2. The van der Waals surface area contributed by atoms with Crippen molar-refractivity contribution in [3.05, 3.63) is 41.0 Å². The summed E-state index contributed by atoms with van der Waals surface area (Å²) in [5.41, 5.74) is 2.32. The van der Waals surface area contributed by atoms with E-state index in [0.717, 1.165) is 21.7 Å². The van der Waals surface area contributed by atoms with Crippen molar-refractivity contribution in [3.63, 3.8) is 0 Å². The molecule has 3 rings (SSSR count). The molecule has 0 unspecified atom stereocenters. The number of rotatable bonds is 4. The normalized spacial score (nSPS) is 12.2. The standard InChI is InChI=1S/C16H19N3O2S2/c1-10(2)19-12(4)17-14-9-13(6-7-15(14)19)18-23(20,21)16-8-5-11(3)22-16/h5-10,18H,1-4H3. The van der Waals surface area contributed by atoms with Gasteiger partial charge in [-0.15, -0.1) is 11.3 Å². The van der Waals surface area contributed by atoms with Gasteiger partial charge in [0.05, 0.1) is 16.7 Å². The van der Waals surface area contributed by atoms with Crippen LogP contribution >= 0.6 is 11.3 Å². The highest BCUT2D eigenvalue weighted by atomic mass is 32.2. The fourth-order valence-electron chi connectivity index (χ4n) is 2.70. The van der Waals surface area contributed by atoms with E-state index in [1.165, 1.54) is 11.3 Å². The van der Waals surface area contributed by atoms with Gasteiger partial charge in [-0.25, -0.2) is 13.4 Å². The quantitative estimate of drug-likeness (QED) is 0.771. The summed E-state index contributed by atoms with van der Waals surface area (Å²) >= 11 is 1.26. The second-order valence-corrected chi connectivity index (χ2v) is 8.99. The Kier molecular flexibility index (Phi) is 3.93. The molecule has 3 aromatic rings. The third-order valence-electron chi connectivity index (χ3n) is 3.62. The molecule has 0 radical (unpaired) electrons. The molecule has 0 atom stereocenters. The van der Waals surface area contributed by atoms with Crippen molar-refractivity contribution in [2.45, 2.75) is 37.9 Å². The van der Waals surface area contributed by atoms with Crippen LogP contribution in [0.5, 0.6) is 0 Å². The average molecular weight is 349 g/mol. The average Bonchev–Trinajstić information content (AvgIpc) is 3.00. The lowest BCUT2D eigenvalue weighted by Crippen LogP contribution is -2.11. The maximum atomic E-state index is 12.4. The molecule has 0 aliphatic rings. The summed E-state index contributed by atoms with van der Waals surface area (Å²) < 4.78 is 29.9. The van der Waals surface area contributed by atoms with Crippen molar-refractivity contribution in [1.82, 2.24) is 9.55 Å². The molecule has 5 nitrogen and oxygen atoms in total. The van der Waals surface area contributed by atoms with Crippen LogP contribution in [0.15, 0.2) is 34.5 Å². The Morgan fingerprint density at radius 3 is 2.52 bits per heavy atom. The Balaban J connectivity index is 1.98. The first-order chi connectivity index (χ1) is 10.8. The van der Waals surface area contributed by atoms with Crippen molar-refractivity contribution in [1.29, 1.82) is 0 Å². The molecule has 0 aliphatic heterocycles. The second-order valence-electron chi connectivity index (χ2n) is 5.80. The molecular weight excluding hydrogens is 330 g/mol. The molecule has 1 N–H and O–H groups in total. The number of hydrogen-bond donors (Lipinski definition) is 1. The molecule has 23 heavy (non-hydrogen) atoms. The summed E-state index contributed by atoms with van der Waals surface area (Å²) in [7, 11) is -3.55. The lowest BCUT2D eigenvalue weighted by atomic mass is 10.2. The van der Waals surface area contributed by atoms with Crippen LogP contribution in [0.1, 0.15) is 30.6 Å². The number of aromatic nitrogens is 2. The topological polar surface area (TPSA) is 64.0 Å². The number of aryl methyl sites for hydroxylation is 2. The summed E-state index contributed by atoms with van der Waals surface area (Å²) in [4.78, 5) is 5.50. The van der Waals surface area contributed by atoms with Gasteiger partial charge in [0.25, 0.3) is 10.0 Å². The molecule has 122 valence electrons. The van der Waals surface area contributed by atoms with Gasteiger partial charge in [-0.3, -0.25) is 4.72 Å². The zero-order valence-corrected chi connectivity index (χ0v) is 15.1. The fourth-order valence-corrected chi connectivity index (χ4v) is 5.03. The Hall–Kier alpha value is -1.86. The van der Waals surface area contributed by atoms with E-state index >= 15 is 0 Å². The largest absolute Gasteiger partial charge is 0.326 e. The Morgan fingerprint density at radius 1 is 1.17 bits per heavy atom. The summed E-state index contributed by atoms with van der Waals surface area (Å²) in [6, 6.07) is 9.19. The number of imidazole rings is 1. The third-order valence-corrected chi connectivity index (χ3v) is 6.49. The first-order valence-corrected chi connectivity index (χ1v) is 9.66. The minimum absolute atomic E-state index is 0.302. The molecule has 0 aliphatic carbocycles. The van der Waals surface area contributed by atoms with Gasteiger partial charge >= 0.3 is 0 Å². The molecule has 2 aromatic heterocycles. The lowest BCUT2D eigenvalue weighted by molar-refractivity contribution is 0.599. The van der Waals surface area contributed by atoms with E-state index in [1.54, 1.807) is 24.3 Å². The number of fused-ring (bicyclic) bond motifs is 1. The summed E-state index contributed by atoms with van der Waals surface area (Å²) in [6.07, 6.45) is 0. The van der Waals surface area contributed by atoms with Gasteiger partial charge in [0.1, 0.15) is 10.0 Å². The predicted octanol–water partition coefficient (Wildman–Crippen LogP) is 4.10. The highest BCUT2D eigenvalue weighted by Gasteiger charge is 2.17. The minimum Gasteiger partial charge on any atom is -0.326 e. The number of nitrogens with one attached hydrogen (secondary N) is 1. The maximum absolute atomic E-state index is 12.4. The molecule has 0 saturated heterocycles. The fraction of sp³-hybridized carbons (Fsp3) is 0.312. The van der Waals surface area contributed by atoms with Crippen LogP contribution < -0.4 is 4.72 Å². The zero-order chi connectivity index (χ0) is 16.8. The van der Waals surface area contributed by atoms with Gasteiger partial charge in [0.2, 0.25) is 0 Å². The molecule has 1 aromatic carbocycles. The van der Waals surface area contributed by atoms with Gasteiger partial charge in [0, 0.05) is 10.9 Å². The van der Waals surface area contributed by atoms with Gasteiger partial charge < -0.3 is 4.57 Å². The van der Waals surface area contributed by atoms with E-state index < -0.39 is 10.0 Å². The molecule has 0 spiro atoms. The number of thiophene rings is 1. The van der Waals surface area contributed by atoms with E-state index in [4.69, 9.17) is 0 Å². The lowest BCUT2D eigenvalue weighted by Gasteiger charge is -2.11. The van der Waals surface area contributed by atoms with Gasteiger partial charge in [-0.2, -0.15) is 0 Å². The Morgan fingerprint density at radius 2 is 1.91 bits per heavy atom. The van der Waals surface area contributed by atoms with Crippen molar-refractivity contribution in [3.8, 4) is 0 Å². The molecule has 2 heterocycles. The number of sulfonamides is 1. The van der Waals surface area contributed by atoms with Crippen molar-refractivity contribution >= 4 is 38.1 Å². The van der Waals surface area contributed by atoms with Crippen LogP contribution in [-0.2, 0) is 10.0 Å². The van der Waals surface area contributed by atoms with E-state index in [2.05, 4.69) is 28.1 Å². The van der Waals surface area contributed by atoms with Crippen molar-refractivity contribution < 1.29 is 8.42 Å². The van der Waals surface area contributed by atoms with Crippen LogP contribution in [0.2, 0.25) is 0 Å². The van der Waals surface area contributed by atoms with Crippen molar-refractivity contribution in [2.75, 3.05) is 4.72 Å². The number of hydrogen-bond acceptors (Lipinski definition) is 4. The molecular formula is C16H19N3O2S2. The highest BCUT2D eigenvalue weighted by Crippen LogP contribution is 2.27. The summed E-state index contributed by atoms with van der Waals surface area (Å²) in [6.45, 7) is 8.04. The van der Waals surface area contributed by atoms with Crippen LogP contribution in [0, 0.1) is 13.8 Å². The maximum Gasteiger partial charge on any atom is 0.271 e. The van der Waals surface area contributed by atoms with Crippen LogP contribution in [0.25, 0.3) is 11.0 Å². The molecule has 0 bridgehead atoms. The summed E-state index contributed by atoms with van der Waals surface area (Å²) in [5.74, 6) is 0.920. The van der Waals surface area contributed by atoms with E-state index in [1.807, 2.05) is 19.9 Å². The van der Waals surface area contributed by atoms with Gasteiger partial charge in [-0.05, 0) is 58.0 Å². The molecule has 0 saturated carbocycles. The van der Waals surface area contributed by atoms with Gasteiger partial charge in [-0.1, -0.05) is 0 Å². The molecule has 7 heteroatoms. The highest BCUT2D eigenvalue weighted by molar-refractivity contribution is 7.94. The smallest absolute Gasteiger partial charge is 0.271 e. The molecule has 0 fully saturated rings. The Bertz CT molecular complexity index is 969. The monoisotopic (exact) mass is 349 g/mol. The van der Waals surface area contributed by atoms with Crippen LogP contribution in [-0.4, -0.2) is 18.0 Å². The Labute approximate surface area is 140 Å². The summed E-state index contributed by atoms with van der Waals surface area (Å²) in [5, 5.41) is 0. The first kappa shape index (κ1) is 16.0. The van der Waals surface area contributed by atoms with Gasteiger partial charge in [0.15, 0.2) is 0 Å². The number of benzene rings is 1. The van der Waals surface area contributed by atoms with Crippen molar-refractivity contribution in [2.24, 2.45) is 0 Å². The van der Waals surface area contributed by atoms with Crippen LogP contribution in [0.3, 0.4) is 0 Å². The third kappa shape index (κ3) is 2.98. The number of anilines is 1. The van der Waals surface area contributed by atoms with E-state index in [0.29, 0.717) is 15.9 Å². The van der Waals surface area contributed by atoms with E-state index in [9.17, 15) is 8.42 Å². The second kappa shape index (κ2) is 5.65. The molecule has 0 amide bonds.